The lowest BCUT2D eigenvalue weighted by molar-refractivity contribution is 0.0697. The molecule has 0 saturated carbocycles. The van der Waals surface area contributed by atoms with Crippen LogP contribution in [0.15, 0.2) is 51.7 Å². The van der Waals surface area contributed by atoms with Crippen molar-refractivity contribution in [3.05, 3.63) is 58.3 Å². The van der Waals surface area contributed by atoms with Gasteiger partial charge in [-0.1, -0.05) is 18.2 Å². The van der Waals surface area contributed by atoms with E-state index in [9.17, 15) is 14.7 Å². The number of carboxylic acids is 1. The lowest BCUT2D eigenvalue weighted by Gasteiger charge is -2.19. The molecule has 0 unspecified atom stereocenters. The molecule has 6 nitrogen and oxygen atoms in total. The normalized spacial score (nSPS) is 13.0. The summed E-state index contributed by atoms with van der Waals surface area (Å²) in [6.45, 7) is 0.774. The number of carbonyl (C=O) groups is 1. The molecule has 2 heterocycles. The van der Waals surface area contributed by atoms with E-state index in [1.807, 2.05) is 0 Å². The smallest absolute Gasteiger partial charge is 0.336 e. The number of carboxylic acid groups (broad SMARTS) is 1. The Balaban J connectivity index is 2.02. The molecular weight excluding hydrogens is 312 g/mol. The molecule has 120 valence electrons. The van der Waals surface area contributed by atoms with Crippen molar-refractivity contribution in [3.8, 4) is 22.8 Å². The molecule has 0 spiro atoms. The first kappa shape index (κ1) is 14.3. The molecular formula is C18H12O6. The predicted molar refractivity (Wildman–Crippen MR) is 85.9 cm³/mol. The van der Waals surface area contributed by atoms with Gasteiger partial charge in [-0.25, -0.2) is 4.79 Å². The van der Waals surface area contributed by atoms with Crippen LogP contribution in [-0.4, -0.2) is 24.3 Å². The van der Waals surface area contributed by atoms with E-state index in [2.05, 4.69) is 0 Å². The van der Waals surface area contributed by atoms with E-state index in [1.165, 1.54) is 12.1 Å². The highest BCUT2D eigenvalue weighted by molar-refractivity contribution is 5.96. The fourth-order valence-corrected chi connectivity index (χ4v) is 2.74. The van der Waals surface area contributed by atoms with Gasteiger partial charge in [0.15, 0.2) is 16.8 Å². The quantitative estimate of drug-likeness (QED) is 0.780. The molecule has 6 heteroatoms. The van der Waals surface area contributed by atoms with E-state index in [1.54, 1.807) is 30.3 Å². The zero-order valence-electron chi connectivity index (χ0n) is 12.4. The van der Waals surface area contributed by atoms with Crippen LogP contribution in [0.1, 0.15) is 10.4 Å². The van der Waals surface area contributed by atoms with Gasteiger partial charge in [0, 0.05) is 11.6 Å². The first-order valence-electron chi connectivity index (χ1n) is 7.34. The Hall–Kier alpha value is -3.28. The SMILES string of the molecule is O=C(O)c1ccccc1-c1cc(=O)c2ccc3c(c2o1)OCCO3. The summed E-state index contributed by atoms with van der Waals surface area (Å²) in [6.07, 6.45) is 0. The minimum Gasteiger partial charge on any atom is -0.486 e. The summed E-state index contributed by atoms with van der Waals surface area (Å²) in [5.74, 6) is -0.0535. The van der Waals surface area contributed by atoms with Gasteiger partial charge in [-0.05, 0) is 18.2 Å². The fourth-order valence-electron chi connectivity index (χ4n) is 2.74. The van der Waals surface area contributed by atoms with Crippen molar-refractivity contribution in [1.29, 1.82) is 0 Å². The predicted octanol–water partition coefficient (Wildman–Crippen LogP) is 2.93. The number of rotatable bonds is 2. The second-order valence-electron chi connectivity index (χ2n) is 5.29. The Labute approximate surface area is 135 Å². The third kappa shape index (κ3) is 2.20. The van der Waals surface area contributed by atoms with Gasteiger partial charge in [-0.2, -0.15) is 0 Å². The van der Waals surface area contributed by atoms with Crippen molar-refractivity contribution in [2.24, 2.45) is 0 Å². The molecule has 4 rings (SSSR count). The lowest BCUT2D eigenvalue weighted by atomic mass is 10.0. The second kappa shape index (κ2) is 5.42. The van der Waals surface area contributed by atoms with Crippen LogP contribution in [-0.2, 0) is 0 Å². The van der Waals surface area contributed by atoms with E-state index in [0.717, 1.165) is 0 Å². The molecule has 1 aromatic heterocycles. The van der Waals surface area contributed by atoms with E-state index in [0.29, 0.717) is 35.7 Å². The summed E-state index contributed by atoms with van der Waals surface area (Å²) in [5, 5.41) is 9.69. The van der Waals surface area contributed by atoms with E-state index in [-0.39, 0.29) is 22.3 Å². The molecule has 1 aliphatic heterocycles. The van der Waals surface area contributed by atoms with Crippen LogP contribution in [0.4, 0.5) is 0 Å². The molecule has 0 atom stereocenters. The second-order valence-corrected chi connectivity index (χ2v) is 5.29. The Morgan fingerprint density at radius 2 is 1.83 bits per heavy atom. The third-order valence-electron chi connectivity index (χ3n) is 3.83. The molecule has 0 bridgehead atoms. The van der Waals surface area contributed by atoms with Crippen LogP contribution >= 0.6 is 0 Å². The molecule has 1 aliphatic rings. The Morgan fingerprint density at radius 1 is 1.04 bits per heavy atom. The van der Waals surface area contributed by atoms with Gasteiger partial charge in [0.05, 0.1) is 10.9 Å². The van der Waals surface area contributed by atoms with Gasteiger partial charge in [-0.3, -0.25) is 4.79 Å². The summed E-state index contributed by atoms with van der Waals surface area (Å²) in [7, 11) is 0. The topological polar surface area (TPSA) is 86.0 Å². The molecule has 1 N–H and O–H groups in total. The van der Waals surface area contributed by atoms with Crippen molar-refractivity contribution in [2.45, 2.75) is 0 Å². The summed E-state index contributed by atoms with van der Waals surface area (Å²) < 4.78 is 16.9. The van der Waals surface area contributed by atoms with Gasteiger partial charge in [0.2, 0.25) is 5.75 Å². The first-order chi connectivity index (χ1) is 11.6. The summed E-state index contributed by atoms with van der Waals surface area (Å²) in [5.41, 5.74) is 0.374. The van der Waals surface area contributed by atoms with Crippen molar-refractivity contribution in [2.75, 3.05) is 13.2 Å². The van der Waals surface area contributed by atoms with Crippen LogP contribution in [0.3, 0.4) is 0 Å². The van der Waals surface area contributed by atoms with Gasteiger partial charge in [0.1, 0.15) is 19.0 Å². The zero-order chi connectivity index (χ0) is 16.7. The van der Waals surface area contributed by atoms with Crippen molar-refractivity contribution in [1.82, 2.24) is 0 Å². The minimum absolute atomic E-state index is 0.0574. The number of fused-ring (bicyclic) bond motifs is 3. The van der Waals surface area contributed by atoms with E-state index < -0.39 is 5.97 Å². The molecule has 0 radical (unpaired) electrons. The number of hydrogen-bond donors (Lipinski definition) is 1. The van der Waals surface area contributed by atoms with Gasteiger partial charge in [0.25, 0.3) is 0 Å². The number of ether oxygens (including phenoxy) is 2. The van der Waals surface area contributed by atoms with Crippen LogP contribution < -0.4 is 14.9 Å². The highest BCUT2D eigenvalue weighted by Crippen LogP contribution is 2.38. The minimum atomic E-state index is -1.09. The third-order valence-corrected chi connectivity index (χ3v) is 3.83. The van der Waals surface area contributed by atoms with Crippen LogP contribution in [0.25, 0.3) is 22.3 Å². The Bertz CT molecular complexity index is 1020. The maximum atomic E-state index is 12.4. The maximum absolute atomic E-state index is 12.4. The summed E-state index contributed by atoms with van der Waals surface area (Å²) >= 11 is 0. The van der Waals surface area contributed by atoms with Crippen molar-refractivity contribution < 1.29 is 23.8 Å². The van der Waals surface area contributed by atoms with E-state index >= 15 is 0 Å². The van der Waals surface area contributed by atoms with Gasteiger partial charge >= 0.3 is 5.97 Å². The standard InChI is InChI=1S/C18H12O6/c19-13-9-15(10-3-1-2-4-11(10)18(20)21)24-16-12(13)5-6-14-17(16)23-8-7-22-14/h1-6,9H,7-8H2,(H,20,21). The highest BCUT2D eigenvalue weighted by Gasteiger charge is 2.21. The fraction of sp³-hybridized carbons (Fsp3) is 0.111. The first-order valence-corrected chi connectivity index (χ1v) is 7.34. The lowest BCUT2D eigenvalue weighted by Crippen LogP contribution is -2.16. The number of hydrogen-bond acceptors (Lipinski definition) is 5. The molecule has 3 aromatic rings. The number of aromatic carboxylic acids is 1. The van der Waals surface area contributed by atoms with Crippen LogP contribution in [0.5, 0.6) is 11.5 Å². The van der Waals surface area contributed by atoms with Crippen LogP contribution in [0, 0.1) is 0 Å². The number of benzene rings is 2. The summed E-state index contributed by atoms with van der Waals surface area (Å²) in [6, 6.07) is 10.9. The van der Waals surface area contributed by atoms with Crippen molar-refractivity contribution in [3.63, 3.8) is 0 Å². The van der Waals surface area contributed by atoms with Gasteiger partial charge < -0.3 is 19.0 Å². The van der Waals surface area contributed by atoms with Gasteiger partial charge in [-0.15, -0.1) is 0 Å². The maximum Gasteiger partial charge on any atom is 0.336 e. The molecule has 0 saturated heterocycles. The molecule has 0 aliphatic carbocycles. The molecule has 24 heavy (non-hydrogen) atoms. The van der Waals surface area contributed by atoms with E-state index in [4.69, 9.17) is 13.9 Å². The molecule has 0 amide bonds. The monoisotopic (exact) mass is 324 g/mol. The Kier molecular flexibility index (Phi) is 3.23. The zero-order valence-corrected chi connectivity index (χ0v) is 12.4. The average molecular weight is 324 g/mol. The largest absolute Gasteiger partial charge is 0.486 e. The summed E-state index contributed by atoms with van der Waals surface area (Å²) in [4.78, 5) is 23.8. The van der Waals surface area contributed by atoms with Crippen LogP contribution in [0.2, 0.25) is 0 Å². The highest BCUT2D eigenvalue weighted by atomic mass is 16.6. The molecule has 2 aromatic carbocycles. The average Bonchev–Trinajstić information content (AvgIpc) is 2.61. The Morgan fingerprint density at radius 3 is 2.67 bits per heavy atom. The van der Waals surface area contributed by atoms with Crippen molar-refractivity contribution >= 4 is 16.9 Å². The molecule has 0 fully saturated rings.